The molecule has 3 aliphatic rings. The number of nitrogens with zero attached hydrogens (tertiary/aromatic N) is 5. The molecule has 3 aliphatic heterocycles. The summed E-state index contributed by atoms with van der Waals surface area (Å²) in [5.74, 6) is -0.445. The van der Waals surface area contributed by atoms with Gasteiger partial charge in [0, 0.05) is 46.3 Å². The summed E-state index contributed by atoms with van der Waals surface area (Å²) in [7, 11) is 1.56. The van der Waals surface area contributed by atoms with Crippen molar-refractivity contribution in [2.75, 3.05) is 82.4 Å². The van der Waals surface area contributed by atoms with Crippen molar-refractivity contribution in [2.24, 2.45) is 0 Å². The number of rotatable bonds is 4. The summed E-state index contributed by atoms with van der Waals surface area (Å²) < 4.78 is 25.6. The van der Waals surface area contributed by atoms with Crippen LogP contribution in [0.1, 0.15) is 0 Å². The first-order valence-electron chi connectivity index (χ1n) is 10.9. The highest BCUT2D eigenvalue weighted by molar-refractivity contribution is 7.96. The van der Waals surface area contributed by atoms with Gasteiger partial charge < -0.3 is 29.1 Å². The lowest BCUT2D eigenvalue weighted by Crippen LogP contribution is -2.55. The average Bonchev–Trinajstić information content (AvgIpc) is 3.19. The first-order valence-corrected chi connectivity index (χ1v) is 11.4. The van der Waals surface area contributed by atoms with Crippen LogP contribution in [0.4, 0.5) is 30.1 Å². The van der Waals surface area contributed by atoms with Crippen LogP contribution in [0, 0.1) is 5.82 Å². The molecular weight excluding hydrogens is 453 g/mol. The monoisotopic (exact) mass is 481 g/mol. The zero-order valence-electron chi connectivity index (χ0n) is 18.5. The third kappa shape index (κ3) is 5.27. The second-order valence-corrected chi connectivity index (χ2v) is 8.65. The van der Waals surface area contributed by atoms with E-state index in [1.54, 1.807) is 29.0 Å². The molecule has 0 bridgehead atoms. The summed E-state index contributed by atoms with van der Waals surface area (Å²) in [6.07, 6.45) is -1.10. The molecule has 0 N–H and O–H groups in total. The van der Waals surface area contributed by atoms with Gasteiger partial charge in [0.25, 0.3) is 5.24 Å². The number of urea groups is 1. The van der Waals surface area contributed by atoms with Gasteiger partial charge in [-0.25, -0.2) is 14.0 Å². The topological polar surface area (TPSA) is 85.9 Å². The number of piperazine rings is 1. The number of cyclic esters (lactones) is 1. The largest absolute Gasteiger partial charge is 0.442 e. The Bertz CT molecular complexity index is 907. The van der Waals surface area contributed by atoms with Crippen molar-refractivity contribution in [3.63, 3.8) is 0 Å². The van der Waals surface area contributed by atoms with Gasteiger partial charge in [-0.05, 0) is 18.2 Å². The minimum Gasteiger partial charge on any atom is -0.442 e. The number of hydrogen-bond donors (Lipinski definition) is 1. The number of benzene rings is 1. The molecule has 10 nitrogen and oxygen atoms in total. The van der Waals surface area contributed by atoms with Gasteiger partial charge >= 0.3 is 12.1 Å². The van der Waals surface area contributed by atoms with E-state index >= 15 is 0 Å². The number of thiol groups is 1. The lowest BCUT2D eigenvalue weighted by atomic mass is 10.2. The molecule has 0 aromatic heterocycles. The van der Waals surface area contributed by atoms with Crippen LogP contribution in [0.3, 0.4) is 0 Å². The second kappa shape index (κ2) is 10.0. The highest BCUT2D eigenvalue weighted by Crippen LogP contribution is 2.29. The van der Waals surface area contributed by atoms with Crippen LogP contribution < -0.4 is 9.80 Å². The van der Waals surface area contributed by atoms with Gasteiger partial charge in [0.2, 0.25) is 0 Å². The van der Waals surface area contributed by atoms with Gasteiger partial charge in [-0.3, -0.25) is 9.69 Å². The van der Waals surface area contributed by atoms with E-state index in [9.17, 15) is 18.8 Å². The first kappa shape index (κ1) is 23.4. The summed E-state index contributed by atoms with van der Waals surface area (Å²) in [5.41, 5.74) is 0.825. The zero-order chi connectivity index (χ0) is 23.5. The van der Waals surface area contributed by atoms with Crippen LogP contribution in [-0.4, -0.2) is 111 Å². The van der Waals surface area contributed by atoms with Gasteiger partial charge in [-0.1, -0.05) is 12.6 Å². The van der Waals surface area contributed by atoms with Gasteiger partial charge in [0.15, 0.2) is 0 Å². The molecule has 1 aromatic carbocycles. The lowest BCUT2D eigenvalue weighted by Gasteiger charge is -2.39. The Morgan fingerprint density at radius 2 is 1.79 bits per heavy atom. The van der Waals surface area contributed by atoms with Crippen molar-refractivity contribution in [1.29, 1.82) is 0 Å². The molecule has 1 aromatic rings. The number of halogens is 1. The van der Waals surface area contributed by atoms with E-state index in [-0.39, 0.29) is 19.1 Å². The van der Waals surface area contributed by atoms with E-state index in [1.165, 1.54) is 15.9 Å². The quantitative estimate of drug-likeness (QED) is 0.659. The standard InChI is InChI=1S/C21H28FN5O5S/c1-23(21(30)33)13-16-14-27(20(29)32-16)15-2-3-18(17(22)12-15)24-4-6-25(7-5-24)19(28)26-8-10-31-11-9-26/h2-3,12,16H,4-11,13-14H2,1H3,(H,30,33)/t16-/m1/s1. The fourth-order valence-corrected chi connectivity index (χ4v) is 4.31. The van der Waals surface area contributed by atoms with Crippen molar-refractivity contribution in [2.45, 2.75) is 6.10 Å². The van der Waals surface area contributed by atoms with Crippen molar-refractivity contribution in [3.05, 3.63) is 24.0 Å². The first-order chi connectivity index (χ1) is 15.8. The molecule has 180 valence electrons. The summed E-state index contributed by atoms with van der Waals surface area (Å²) >= 11 is 3.75. The minimum atomic E-state index is -0.581. The Hall–Kier alpha value is -2.73. The van der Waals surface area contributed by atoms with Crippen molar-refractivity contribution < 1.29 is 28.2 Å². The molecule has 0 aliphatic carbocycles. The molecule has 3 heterocycles. The fraction of sp³-hybridized carbons (Fsp3) is 0.571. The van der Waals surface area contributed by atoms with Crippen molar-refractivity contribution in [1.82, 2.24) is 14.7 Å². The average molecular weight is 482 g/mol. The fourth-order valence-electron chi connectivity index (χ4n) is 4.22. The number of likely N-dealkylation sites (N-methyl/N-ethyl adjacent to an activating group) is 1. The maximum Gasteiger partial charge on any atom is 0.414 e. The Labute approximate surface area is 197 Å². The molecular formula is C21H28FN5O5S. The predicted molar refractivity (Wildman–Crippen MR) is 123 cm³/mol. The second-order valence-electron chi connectivity index (χ2n) is 8.27. The molecule has 4 rings (SSSR count). The van der Waals surface area contributed by atoms with Crippen molar-refractivity contribution >= 4 is 41.4 Å². The Morgan fingerprint density at radius 1 is 1.12 bits per heavy atom. The molecule has 3 saturated heterocycles. The predicted octanol–water partition coefficient (Wildman–Crippen LogP) is 1.71. The normalized spacial score (nSPS) is 21.3. The van der Waals surface area contributed by atoms with Crippen LogP contribution in [0.25, 0.3) is 0 Å². The highest BCUT2D eigenvalue weighted by atomic mass is 32.1. The molecule has 0 spiro atoms. The van der Waals surface area contributed by atoms with Crippen LogP contribution in [0.2, 0.25) is 0 Å². The van der Waals surface area contributed by atoms with Crippen LogP contribution in [0.5, 0.6) is 0 Å². The van der Waals surface area contributed by atoms with E-state index < -0.39 is 23.3 Å². The molecule has 33 heavy (non-hydrogen) atoms. The molecule has 4 amide bonds. The summed E-state index contributed by atoms with van der Waals surface area (Å²) in [5, 5.41) is -0.424. The molecule has 3 fully saturated rings. The number of hydrogen-bond acceptors (Lipinski definition) is 6. The minimum absolute atomic E-state index is 0.00105. The van der Waals surface area contributed by atoms with Gasteiger partial charge in [0.1, 0.15) is 11.9 Å². The number of carbonyl (C=O) groups excluding carboxylic acids is 3. The van der Waals surface area contributed by atoms with Gasteiger partial charge in [-0.2, -0.15) is 0 Å². The molecule has 0 unspecified atom stereocenters. The summed E-state index contributed by atoms with van der Waals surface area (Å²) in [6.45, 7) is 4.77. The molecule has 0 saturated carbocycles. The van der Waals surface area contributed by atoms with E-state index in [4.69, 9.17) is 9.47 Å². The zero-order valence-corrected chi connectivity index (χ0v) is 19.4. The highest BCUT2D eigenvalue weighted by Gasteiger charge is 2.34. The Balaban J connectivity index is 1.35. The summed E-state index contributed by atoms with van der Waals surface area (Å²) in [6, 6.07) is 4.65. The number of carbonyl (C=O) groups is 3. The van der Waals surface area contributed by atoms with Crippen LogP contribution in [-0.2, 0) is 9.47 Å². The SMILES string of the molecule is CN(C[C@@H]1CN(c2ccc(N3CCN(C(=O)N4CCOCC4)CC3)c(F)c2)C(=O)O1)C(=O)S. The van der Waals surface area contributed by atoms with E-state index in [0.717, 1.165) is 0 Å². The van der Waals surface area contributed by atoms with Gasteiger partial charge in [0.05, 0.1) is 37.7 Å². The maximum absolute atomic E-state index is 15.0. The Morgan fingerprint density at radius 3 is 2.42 bits per heavy atom. The summed E-state index contributed by atoms with van der Waals surface area (Å²) in [4.78, 5) is 44.4. The lowest BCUT2D eigenvalue weighted by molar-refractivity contribution is 0.0428. The molecule has 1 atom stereocenters. The van der Waals surface area contributed by atoms with Gasteiger partial charge in [-0.15, -0.1) is 0 Å². The van der Waals surface area contributed by atoms with E-state index in [0.29, 0.717) is 63.9 Å². The maximum atomic E-state index is 15.0. The number of amides is 4. The third-order valence-electron chi connectivity index (χ3n) is 6.09. The van der Waals surface area contributed by atoms with Crippen molar-refractivity contribution in [3.8, 4) is 0 Å². The van der Waals surface area contributed by atoms with Crippen LogP contribution in [0.15, 0.2) is 18.2 Å². The number of ether oxygens (including phenoxy) is 2. The Kier molecular flexibility index (Phi) is 7.13. The van der Waals surface area contributed by atoms with E-state index in [2.05, 4.69) is 12.6 Å². The molecule has 0 radical (unpaired) electrons. The van der Waals surface area contributed by atoms with E-state index in [1.807, 2.05) is 4.90 Å². The number of morpholine rings is 1. The van der Waals surface area contributed by atoms with Crippen LogP contribution >= 0.6 is 12.6 Å². The molecule has 12 heteroatoms. The third-order valence-corrected chi connectivity index (χ3v) is 6.43. The number of anilines is 2. The smallest absolute Gasteiger partial charge is 0.414 e.